The first-order chi connectivity index (χ1) is 15.4. The first kappa shape index (κ1) is 22.7. The Kier molecular flexibility index (Phi) is 7.11. The highest BCUT2D eigenvalue weighted by molar-refractivity contribution is 7.09. The molecule has 0 bridgehead atoms. The highest BCUT2D eigenvalue weighted by Gasteiger charge is 2.28. The van der Waals surface area contributed by atoms with Crippen LogP contribution in [-0.4, -0.2) is 24.2 Å². The van der Waals surface area contributed by atoms with Crippen LogP contribution in [0.15, 0.2) is 52.4 Å². The summed E-state index contributed by atoms with van der Waals surface area (Å²) in [6, 6.07) is 14.6. The molecule has 1 fully saturated rings. The van der Waals surface area contributed by atoms with Crippen molar-refractivity contribution >= 4 is 17.2 Å². The maximum Gasteiger partial charge on any atom is 0.220 e. The Morgan fingerprint density at radius 3 is 2.75 bits per heavy atom. The molecular weight excluding hydrogens is 418 g/mol. The second-order valence-corrected chi connectivity index (χ2v) is 10.8. The fraction of sp³-hybridized carbons (Fsp3) is 0.462. The zero-order chi connectivity index (χ0) is 22.6. The second kappa shape index (κ2) is 10.0. The summed E-state index contributed by atoms with van der Waals surface area (Å²) >= 11 is 1.67. The molecule has 1 amide bonds. The molecule has 1 aromatic carbocycles. The van der Waals surface area contributed by atoms with Crippen LogP contribution in [0.5, 0.6) is 0 Å². The molecule has 0 radical (unpaired) electrons. The monoisotopic (exact) mass is 451 g/mol. The van der Waals surface area contributed by atoms with E-state index >= 15 is 0 Å². The number of carbonyl (C=O) groups is 1. The van der Waals surface area contributed by atoms with Crippen LogP contribution < -0.4 is 10.6 Å². The van der Waals surface area contributed by atoms with Crippen LogP contribution in [0.25, 0.3) is 11.3 Å². The van der Waals surface area contributed by atoms with Crippen LogP contribution in [0.4, 0.5) is 0 Å². The fourth-order valence-electron chi connectivity index (χ4n) is 4.34. The molecule has 1 aliphatic heterocycles. The number of benzene rings is 1. The fourth-order valence-corrected chi connectivity index (χ4v) is 4.99. The average molecular weight is 452 g/mol. The van der Waals surface area contributed by atoms with Crippen LogP contribution >= 0.6 is 11.3 Å². The van der Waals surface area contributed by atoms with Gasteiger partial charge in [0.1, 0.15) is 0 Å². The molecule has 5 nitrogen and oxygen atoms in total. The van der Waals surface area contributed by atoms with Crippen molar-refractivity contribution in [2.45, 2.75) is 52.0 Å². The van der Waals surface area contributed by atoms with Gasteiger partial charge in [-0.05, 0) is 60.2 Å². The van der Waals surface area contributed by atoms with Crippen molar-refractivity contribution in [3.63, 3.8) is 0 Å². The minimum absolute atomic E-state index is 0.129. The number of nitrogens with one attached hydrogen (secondary N) is 2. The van der Waals surface area contributed by atoms with Gasteiger partial charge in [-0.1, -0.05) is 56.3 Å². The zero-order valence-electron chi connectivity index (χ0n) is 19.2. The average Bonchev–Trinajstić information content (AvgIpc) is 3.45. The summed E-state index contributed by atoms with van der Waals surface area (Å²) in [5.74, 6) is 1.66. The summed E-state index contributed by atoms with van der Waals surface area (Å²) in [5.41, 5.74) is 3.43. The van der Waals surface area contributed by atoms with Gasteiger partial charge >= 0.3 is 0 Å². The topological polar surface area (TPSA) is 67.2 Å². The van der Waals surface area contributed by atoms with Gasteiger partial charge in [-0.3, -0.25) is 4.79 Å². The smallest absolute Gasteiger partial charge is 0.220 e. The third kappa shape index (κ3) is 5.87. The van der Waals surface area contributed by atoms with E-state index in [-0.39, 0.29) is 11.3 Å². The Morgan fingerprint density at radius 1 is 1.22 bits per heavy atom. The van der Waals surface area contributed by atoms with Gasteiger partial charge in [0.05, 0.1) is 12.2 Å². The molecule has 0 spiro atoms. The SMILES string of the molecule is CC(C)(C)c1ccc(-c2cc(CC3CNCCC3CC(=O)NCc3cccs3)no2)cc1. The maximum atomic E-state index is 12.5. The van der Waals surface area contributed by atoms with Gasteiger partial charge in [-0.15, -0.1) is 11.3 Å². The summed E-state index contributed by atoms with van der Waals surface area (Å²) in [4.78, 5) is 13.7. The van der Waals surface area contributed by atoms with Crippen LogP contribution in [0, 0.1) is 11.8 Å². The highest BCUT2D eigenvalue weighted by atomic mass is 32.1. The molecule has 4 rings (SSSR count). The van der Waals surface area contributed by atoms with Gasteiger partial charge < -0.3 is 15.2 Å². The van der Waals surface area contributed by atoms with Crippen molar-refractivity contribution in [3.8, 4) is 11.3 Å². The Hall–Kier alpha value is -2.44. The lowest BCUT2D eigenvalue weighted by Gasteiger charge is -2.31. The van der Waals surface area contributed by atoms with Gasteiger partial charge in [0, 0.05) is 22.9 Å². The summed E-state index contributed by atoms with van der Waals surface area (Å²) in [6.07, 6.45) is 2.40. The molecular formula is C26H33N3O2S. The van der Waals surface area contributed by atoms with Crippen LogP contribution in [-0.2, 0) is 23.2 Å². The lowest BCUT2D eigenvalue weighted by molar-refractivity contribution is -0.122. The molecule has 2 unspecified atom stereocenters. The zero-order valence-corrected chi connectivity index (χ0v) is 20.0. The van der Waals surface area contributed by atoms with E-state index in [0.29, 0.717) is 24.8 Å². The summed E-state index contributed by atoms with van der Waals surface area (Å²) < 4.78 is 5.67. The number of aromatic nitrogens is 1. The molecule has 1 saturated heterocycles. The van der Waals surface area contributed by atoms with Gasteiger partial charge in [0.2, 0.25) is 5.91 Å². The van der Waals surface area contributed by atoms with E-state index in [4.69, 9.17) is 4.52 Å². The third-order valence-corrected chi connectivity index (χ3v) is 7.19. The molecule has 1 aliphatic rings. The summed E-state index contributed by atoms with van der Waals surface area (Å²) in [7, 11) is 0. The predicted molar refractivity (Wildman–Crippen MR) is 130 cm³/mol. The van der Waals surface area contributed by atoms with Gasteiger partial charge in [0.25, 0.3) is 0 Å². The van der Waals surface area contributed by atoms with E-state index in [9.17, 15) is 4.79 Å². The van der Waals surface area contributed by atoms with Crippen molar-refractivity contribution in [1.82, 2.24) is 15.8 Å². The molecule has 0 aliphatic carbocycles. The van der Waals surface area contributed by atoms with Crippen LogP contribution in [0.1, 0.15) is 49.7 Å². The number of hydrogen-bond acceptors (Lipinski definition) is 5. The molecule has 2 N–H and O–H groups in total. The van der Waals surface area contributed by atoms with Crippen molar-refractivity contribution in [2.75, 3.05) is 13.1 Å². The lowest BCUT2D eigenvalue weighted by atomic mass is 9.81. The third-order valence-electron chi connectivity index (χ3n) is 6.32. The van der Waals surface area contributed by atoms with E-state index in [1.165, 1.54) is 10.4 Å². The normalized spacial score (nSPS) is 19.1. The Morgan fingerprint density at radius 2 is 2.03 bits per heavy atom. The maximum absolute atomic E-state index is 12.5. The molecule has 3 aromatic rings. The van der Waals surface area contributed by atoms with Crippen molar-refractivity contribution in [2.24, 2.45) is 11.8 Å². The van der Waals surface area contributed by atoms with E-state index in [1.807, 2.05) is 11.4 Å². The van der Waals surface area contributed by atoms with E-state index < -0.39 is 0 Å². The number of thiophene rings is 1. The number of amides is 1. The first-order valence-electron chi connectivity index (χ1n) is 11.4. The van der Waals surface area contributed by atoms with Crippen molar-refractivity contribution in [1.29, 1.82) is 0 Å². The quantitative estimate of drug-likeness (QED) is 0.520. The summed E-state index contributed by atoms with van der Waals surface area (Å²) in [5, 5.41) is 12.9. The Labute approximate surface area is 194 Å². The molecule has 2 aromatic heterocycles. The second-order valence-electron chi connectivity index (χ2n) is 9.79. The lowest BCUT2D eigenvalue weighted by Crippen LogP contribution is -2.40. The number of nitrogens with zero attached hydrogens (tertiary/aromatic N) is 1. The van der Waals surface area contributed by atoms with E-state index in [0.717, 1.165) is 42.9 Å². The predicted octanol–water partition coefficient (Wildman–Crippen LogP) is 5.18. The standard InChI is InChI=1S/C26H33N3O2S/c1-26(2,3)21-8-6-18(7-9-21)24-15-22(29-31-24)13-20-16-27-11-10-19(20)14-25(30)28-17-23-5-4-12-32-23/h4-9,12,15,19-20,27H,10-11,13-14,16-17H2,1-3H3,(H,28,30). The van der Waals surface area contributed by atoms with E-state index in [2.05, 4.69) is 73.0 Å². The van der Waals surface area contributed by atoms with E-state index in [1.54, 1.807) is 11.3 Å². The number of carbonyl (C=O) groups excluding carboxylic acids is 1. The van der Waals surface area contributed by atoms with Crippen LogP contribution in [0.2, 0.25) is 0 Å². The largest absolute Gasteiger partial charge is 0.356 e. The van der Waals surface area contributed by atoms with Gasteiger partial charge in [-0.2, -0.15) is 0 Å². The molecule has 170 valence electrons. The van der Waals surface area contributed by atoms with Gasteiger partial charge in [0.15, 0.2) is 5.76 Å². The number of piperidine rings is 1. The Balaban J connectivity index is 1.36. The highest BCUT2D eigenvalue weighted by Crippen LogP contribution is 2.29. The minimum Gasteiger partial charge on any atom is -0.356 e. The number of rotatable bonds is 7. The molecule has 2 atom stereocenters. The first-order valence-corrected chi connectivity index (χ1v) is 12.3. The molecule has 6 heteroatoms. The molecule has 3 heterocycles. The summed E-state index contributed by atoms with van der Waals surface area (Å²) in [6.45, 7) is 9.13. The number of hydrogen-bond donors (Lipinski definition) is 2. The Bertz CT molecular complexity index is 1000. The van der Waals surface area contributed by atoms with Crippen molar-refractivity contribution in [3.05, 3.63) is 64.0 Å². The van der Waals surface area contributed by atoms with Gasteiger partial charge in [-0.25, -0.2) is 0 Å². The van der Waals surface area contributed by atoms with Crippen LogP contribution in [0.3, 0.4) is 0 Å². The minimum atomic E-state index is 0.129. The van der Waals surface area contributed by atoms with Crippen molar-refractivity contribution < 1.29 is 9.32 Å². The molecule has 32 heavy (non-hydrogen) atoms. The molecule has 0 saturated carbocycles.